The Morgan fingerprint density at radius 3 is 2.11 bits per heavy atom. The predicted octanol–water partition coefficient (Wildman–Crippen LogP) is 1.19. The van der Waals surface area contributed by atoms with Gasteiger partial charge in [0, 0.05) is 19.0 Å². The zero-order valence-corrected chi connectivity index (χ0v) is 12.3. The summed E-state index contributed by atoms with van der Waals surface area (Å²) in [5.41, 5.74) is -1.01. The van der Waals surface area contributed by atoms with E-state index in [1.54, 1.807) is 6.92 Å². The van der Waals surface area contributed by atoms with Crippen LogP contribution in [0.15, 0.2) is 0 Å². The second-order valence-electron chi connectivity index (χ2n) is 5.78. The highest BCUT2D eigenvalue weighted by molar-refractivity contribution is 5.85. The summed E-state index contributed by atoms with van der Waals surface area (Å²) in [5.74, 6) is -1.22. The van der Waals surface area contributed by atoms with Crippen LogP contribution in [0.4, 0.5) is 0 Å². The standard InChI is InChI=1S/C13H26N2O3/c1-9(2)13(4,12(17)18)7-11(16)14-10(3)8-15(5)6/h9-10H,7-8H2,1-6H3,(H,14,16)(H,17,18). The number of carboxylic acid groups (broad SMARTS) is 1. The van der Waals surface area contributed by atoms with E-state index in [-0.39, 0.29) is 24.3 Å². The SMILES string of the molecule is CC(CN(C)C)NC(=O)CC(C)(C(=O)O)C(C)C. The number of amides is 1. The second-order valence-corrected chi connectivity index (χ2v) is 5.78. The van der Waals surface area contributed by atoms with Gasteiger partial charge >= 0.3 is 5.97 Å². The average molecular weight is 258 g/mol. The molecule has 2 atom stereocenters. The lowest BCUT2D eigenvalue weighted by molar-refractivity contribution is -0.153. The van der Waals surface area contributed by atoms with Crippen LogP contribution < -0.4 is 5.32 Å². The lowest BCUT2D eigenvalue weighted by atomic mass is 9.76. The van der Waals surface area contributed by atoms with Crippen molar-refractivity contribution in [2.75, 3.05) is 20.6 Å². The number of carboxylic acids is 1. The summed E-state index contributed by atoms with van der Waals surface area (Å²) in [6.45, 7) is 7.91. The first kappa shape index (κ1) is 16.9. The third-order valence-electron chi connectivity index (χ3n) is 3.34. The molecule has 0 aromatic carbocycles. The highest BCUT2D eigenvalue weighted by Gasteiger charge is 2.38. The van der Waals surface area contributed by atoms with Crippen molar-refractivity contribution in [3.63, 3.8) is 0 Å². The van der Waals surface area contributed by atoms with E-state index in [4.69, 9.17) is 0 Å². The Morgan fingerprint density at radius 1 is 1.28 bits per heavy atom. The molecule has 0 aliphatic rings. The lowest BCUT2D eigenvalue weighted by Gasteiger charge is -2.29. The molecule has 0 radical (unpaired) electrons. The molecule has 0 heterocycles. The van der Waals surface area contributed by atoms with Crippen molar-refractivity contribution in [2.45, 2.75) is 40.2 Å². The Kier molecular flexibility index (Phi) is 6.32. The molecule has 1 amide bonds. The van der Waals surface area contributed by atoms with Gasteiger partial charge in [0.05, 0.1) is 5.41 Å². The molecule has 18 heavy (non-hydrogen) atoms. The van der Waals surface area contributed by atoms with Gasteiger partial charge in [-0.1, -0.05) is 13.8 Å². The molecular weight excluding hydrogens is 232 g/mol. The van der Waals surface area contributed by atoms with Gasteiger partial charge in [-0.2, -0.15) is 0 Å². The van der Waals surface area contributed by atoms with Gasteiger partial charge in [0.2, 0.25) is 5.91 Å². The quantitative estimate of drug-likeness (QED) is 0.719. The van der Waals surface area contributed by atoms with Crippen molar-refractivity contribution in [2.24, 2.45) is 11.3 Å². The third-order valence-corrected chi connectivity index (χ3v) is 3.34. The van der Waals surface area contributed by atoms with Crippen LogP contribution in [0.25, 0.3) is 0 Å². The average Bonchev–Trinajstić information content (AvgIpc) is 2.14. The highest BCUT2D eigenvalue weighted by Crippen LogP contribution is 2.31. The van der Waals surface area contributed by atoms with Crippen LogP contribution in [-0.2, 0) is 9.59 Å². The van der Waals surface area contributed by atoms with Crippen LogP contribution in [0.5, 0.6) is 0 Å². The van der Waals surface area contributed by atoms with E-state index >= 15 is 0 Å². The third kappa shape index (κ3) is 5.04. The van der Waals surface area contributed by atoms with Gasteiger partial charge in [0.1, 0.15) is 0 Å². The molecule has 106 valence electrons. The molecule has 2 unspecified atom stereocenters. The molecular formula is C13H26N2O3. The number of nitrogens with zero attached hydrogens (tertiary/aromatic N) is 1. The Bertz CT molecular complexity index is 303. The molecule has 5 nitrogen and oxygen atoms in total. The van der Waals surface area contributed by atoms with Crippen LogP contribution in [0, 0.1) is 11.3 Å². The zero-order valence-electron chi connectivity index (χ0n) is 12.3. The molecule has 0 aliphatic carbocycles. The maximum Gasteiger partial charge on any atom is 0.310 e. The molecule has 0 aliphatic heterocycles. The van der Waals surface area contributed by atoms with E-state index < -0.39 is 11.4 Å². The monoisotopic (exact) mass is 258 g/mol. The highest BCUT2D eigenvalue weighted by atomic mass is 16.4. The van der Waals surface area contributed by atoms with Crippen molar-refractivity contribution >= 4 is 11.9 Å². The van der Waals surface area contributed by atoms with E-state index in [1.165, 1.54) is 0 Å². The molecule has 0 saturated carbocycles. The molecule has 5 heteroatoms. The van der Waals surface area contributed by atoms with Crippen molar-refractivity contribution in [1.29, 1.82) is 0 Å². The van der Waals surface area contributed by atoms with Gasteiger partial charge in [-0.3, -0.25) is 9.59 Å². The van der Waals surface area contributed by atoms with Gasteiger partial charge < -0.3 is 15.3 Å². The Labute approximate surface area is 110 Å². The zero-order chi connectivity index (χ0) is 14.5. The topological polar surface area (TPSA) is 69.6 Å². The minimum atomic E-state index is -1.01. The van der Waals surface area contributed by atoms with E-state index in [0.29, 0.717) is 0 Å². The van der Waals surface area contributed by atoms with Gasteiger partial charge in [-0.25, -0.2) is 0 Å². The minimum Gasteiger partial charge on any atom is -0.481 e. The molecule has 0 saturated heterocycles. The van der Waals surface area contributed by atoms with E-state index in [1.807, 2.05) is 39.8 Å². The number of carbonyl (C=O) groups is 2. The Hall–Kier alpha value is -1.10. The first-order valence-electron chi connectivity index (χ1n) is 6.27. The van der Waals surface area contributed by atoms with Crippen molar-refractivity contribution < 1.29 is 14.7 Å². The molecule has 2 N–H and O–H groups in total. The second kappa shape index (κ2) is 6.73. The van der Waals surface area contributed by atoms with Gasteiger partial charge in [-0.15, -0.1) is 0 Å². The number of aliphatic carboxylic acids is 1. The molecule has 0 rings (SSSR count). The normalized spacial score (nSPS) is 16.4. The largest absolute Gasteiger partial charge is 0.481 e. The van der Waals surface area contributed by atoms with Crippen LogP contribution in [0.3, 0.4) is 0 Å². The molecule has 0 aromatic heterocycles. The van der Waals surface area contributed by atoms with Crippen LogP contribution >= 0.6 is 0 Å². The van der Waals surface area contributed by atoms with E-state index in [0.717, 1.165) is 6.54 Å². The number of hydrogen-bond acceptors (Lipinski definition) is 3. The van der Waals surface area contributed by atoms with Crippen molar-refractivity contribution in [3.05, 3.63) is 0 Å². The summed E-state index contributed by atoms with van der Waals surface area (Å²) < 4.78 is 0. The van der Waals surface area contributed by atoms with Crippen LogP contribution in [0.2, 0.25) is 0 Å². The summed E-state index contributed by atoms with van der Waals surface area (Å²) in [5, 5.41) is 12.1. The van der Waals surface area contributed by atoms with Crippen molar-refractivity contribution in [1.82, 2.24) is 10.2 Å². The number of carbonyl (C=O) groups excluding carboxylic acids is 1. The molecule has 0 aromatic rings. The van der Waals surface area contributed by atoms with Gasteiger partial charge in [0.25, 0.3) is 0 Å². The fourth-order valence-electron chi connectivity index (χ4n) is 1.78. The Morgan fingerprint density at radius 2 is 1.78 bits per heavy atom. The fourth-order valence-corrected chi connectivity index (χ4v) is 1.78. The van der Waals surface area contributed by atoms with Gasteiger partial charge in [-0.05, 0) is 33.9 Å². The molecule has 0 spiro atoms. The summed E-state index contributed by atoms with van der Waals surface area (Å²) >= 11 is 0. The number of likely N-dealkylation sites (N-methyl/N-ethyl adjacent to an activating group) is 1. The Balaban J connectivity index is 4.50. The fraction of sp³-hybridized carbons (Fsp3) is 0.846. The van der Waals surface area contributed by atoms with Gasteiger partial charge in [0.15, 0.2) is 0 Å². The summed E-state index contributed by atoms with van der Waals surface area (Å²) in [6, 6.07) is 0.0118. The lowest BCUT2D eigenvalue weighted by Crippen LogP contribution is -2.44. The number of rotatable bonds is 7. The van der Waals surface area contributed by atoms with E-state index in [9.17, 15) is 14.7 Å². The maximum absolute atomic E-state index is 11.9. The summed E-state index contributed by atoms with van der Waals surface area (Å²) in [6.07, 6.45) is 0.0117. The minimum absolute atomic E-state index is 0.0117. The first-order chi connectivity index (χ1) is 8.09. The molecule has 0 fully saturated rings. The predicted molar refractivity (Wildman–Crippen MR) is 71.4 cm³/mol. The van der Waals surface area contributed by atoms with E-state index in [2.05, 4.69) is 5.32 Å². The van der Waals surface area contributed by atoms with Crippen molar-refractivity contribution in [3.8, 4) is 0 Å². The van der Waals surface area contributed by atoms with Crippen LogP contribution in [-0.4, -0.2) is 48.6 Å². The summed E-state index contributed by atoms with van der Waals surface area (Å²) in [7, 11) is 3.86. The summed E-state index contributed by atoms with van der Waals surface area (Å²) in [4.78, 5) is 25.1. The maximum atomic E-state index is 11.9. The number of nitrogens with one attached hydrogen (secondary N) is 1. The first-order valence-corrected chi connectivity index (χ1v) is 6.27. The molecule has 0 bridgehead atoms. The number of hydrogen-bond donors (Lipinski definition) is 2. The van der Waals surface area contributed by atoms with Crippen LogP contribution in [0.1, 0.15) is 34.1 Å². The smallest absolute Gasteiger partial charge is 0.310 e.